The first-order chi connectivity index (χ1) is 14.7. The maximum absolute atomic E-state index is 12.6. The Kier molecular flexibility index (Phi) is 6.46. The molecule has 0 aliphatic rings. The third-order valence-electron chi connectivity index (χ3n) is 4.36. The second kappa shape index (κ2) is 9.60. The van der Waals surface area contributed by atoms with Crippen LogP contribution in [0.4, 0.5) is 17.1 Å². The van der Waals surface area contributed by atoms with Crippen molar-refractivity contribution in [3.63, 3.8) is 0 Å². The lowest BCUT2D eigenvalue weighted by molar-refractivity contribution is -0.113. The first-order valence-electron chi connectivity index (χ1n) is 9.55. The molecule has 8 heteroatoms. The number of thioether (sulfide) groups is 1. The highest BCUT2D eigenvalue weighted by atomic mass is 32.2. The standard InChI is InChI=1S/C22H21N5OS2/c1-2-27-21(19-13-8-14-29-19)25-26-22(27)30-15-20(28)24-18-12-7-6-11-17(18)23-16-9-4-3-5-10-16/h3-14,23H,2,15H2,1H3,(H,24,28). The van der Waals surface area contributed by atoms with Crippen molar-refractivity contribution in [1.29, 1.82) is 0 Å². The maximum Gasteiger partial charge on any atom is 0.234 e. The molecule has 2 heterocycles. The fraction of sp³-hybridized carbons (Fsp3) is 0.136. The Morgan fingerprint density at radius 2 is 1.77 bits per heavy atom. The van der Waals surface area contributed by atoms with Crippen LogP contribution in [0.1, 0.15) is 6.92 Å². The quantitative estimate of drug-likeness (QED) is 0.358. The van der Waals surface area contributed by atoms with E-state index >= 15 is 0 Å². The molecule has 0 bridgehead atoms. The number of carbonyl (C=O) groups excluding carboxylic acids is 1. The van der Waals surface area contributed by atoms with Crippen LogP contribution in [0.5, 0.6) is 0 Å². The SMILES string of the molecule is CCn1c(SCC(=O)Nc2ccccc2Nc2ccccc2)nnc1-c1cccs1. The number of nitrogens with one attached hydrogen (secondary N) is 2. The van der Waals surface area contributed by atoms with Crippen molar-refractivity contribution in [1.82, 2.24) is 14.8 Å². The normalized spacial score (nSPS) is 10.7. The van der Waals surface area contributed by atoms with Gasteiger partial charge in [0.25, 0.3) is 0 Å². The number of hydrogen-bond acceptors (Lipinski definition) is 6. The number of benzene rings is 2. The molecule has 0 radical (unpaired) electrons. The molecular formula is C22H21N5OS2. The number of aromatic nitrogens is 3. The number of anilines is 3. The Balaban J connectivity index is 1.42. The molecule has 30 heavy (non-hydrogen) atoms. The van der Waals surface area contributed by atoms with Crippen LogP contribution in [0.15, 0.2) is 77.3 Å². The van der Waals surface area contributed by atoms with E-state index < -0.39 is 0 Å². The summed E-state index contributed by atoms with van der Waals surface area (Å²) < 4.78 is 2.04. The third-order valence-corrected chi connectivity index (χ3v) is 6.19. The molecular weight excluding hydrogens is 414 g/mol. The van der Waals surface area contributed by atoms with Gasteiger partial charge in [-0.05, 0) is 42.6 Å². The molecule has 0 aliphatic carbocycles. The van der Waals surface area contributed by atoms with Gasteiger partial charge < -0.3 is 15.2 Å². The fourth-order valence-electron chi connectivity index (χ4n) is 2.96. The van der Waals surface area contributed by atoms with Crippen LogP contribution in [0.25, 0.3) is 10.7 Å². The van der Waals surface area contributed by atoms with Crippen LogP contribution in [0, 0.1) is 0 Å². The summed E-state index contributed by atoms with van der Waals surface area (Å²) in [6.45, 7) is 2.80. The second-order valence-corrected chi connectivity index (χ2v) is 8.29. The summed E-state index contributed by atoms with van der Waals surface area (Å²) in [4.78, 5) is 13.7. The summed E-state index contributed by atoms with van der Waals surface area (Å²) in [7, 11) is 0. The molecule has 0 atom stereocenters. The van der Waals surface area contributed by atoms with Gasteiger partial charge in [-0.1, -0.05) is 48.2 Å². The van der Waals surface area contributed by atoms with E-state index in [0.29, 0.717) is 0 Å². The predicted octanol–water partition coefficient (Wildman–Crippen LogP) is 5.50. The van der Waals surface area contributed by atoms with Crippen molar-refractivity contribution < 1.29 is 4.79 Å². The van der Waals surface area contributed by atoms with Gasteiger partial charge in [0.15, 0.2) is 11.0 Å². The van der Waals surface area contributed by atoms with Crippen molar-refractivity contribution in [3.05, 3.63) is 72.1 Å². The van der Waals surface area contributed by atoms with Crippen LogP contribution in [-0.4, -0.2) is 26.4 Å². The summed E-state index contributed by atoms with van der Waals surface area (Å²) in [5.41, 5.74) is 2.55. The van der Waals surface area contributed by atoms with E-state index in [2.05, 4.69) is 27.8 Å². The Morgan fingerprint density at radius 3 is 2.50 bits per heavy atom. The predicted molar refractivity (Wildman–Crippen MR) is 125 cm³/mol. The van der Waals surface area contributed by atoms with Gasteiger partial charge in [0, 0.05) is 12.2 Å². The van der Waals surface area contributed by atoms with Gasteiger partial charge in [0.05, 0.1) is 22.0 Å². The number of rotatable bonds is 8. The number of para-hydroxylation sites is 3. The first-order valence-corrected chi connectivity index (χ1v) is 11.4. The molecule has 0 unspecified atom stereocenters. The zero-order valence-electron chi connectivity index (χ0n) is 16.4. The minimum atomic E-state index is -0.0920. The fourth-order valence-corrected chi connectivity index (χ4v) is 4.48. The molecule has 2 N–H and O–H groups in total. The van der Waals surface area contributed by atoms with E-state index in [4.69, 9.17) is 0 Å². The molecule has 1 amide bonds. The lowest BCUT2D eigenvalue weighted by Gasteiger charge is -2.13. The third kappa shape index (κ3) is 4.72. The molecule has 0 fully saturated rings. The minimum absolute atomic E-state index is 0.0920. The average Bonchev–Trinajstić information content (AvgIpc) is 3.44. The van der Waals surface area contributed by atoms with Gasteiger partial charge in [-0.3, -0.25) is 4.79 Å². The van der Waals surface area contributed by atoms with E-state index in [1.807, 2.05) is 76.7 Å². The summed E-state index contributed by atoms with van der Waals surface area (Å²) in [5.74, 6) is 1.00. The summed E-state index contributed by atoms with van der Waals surface area (Å²) in [5, 5.41) is 17.7. The Morgan fingerprint density at radius 1 is 1.00 bits per heavy atom. The Labute approximate surface area is 183 Å². The molecule has 0 aliphatic heterocycles. The van der Waals surface area contributed by atoms with Crippen molar-refractivity contribution in [2.24, 2.45) is 0 Å². The molecule has 0 spiro atoms. The van der Waals surface area contributed by atoms with E-state index in [0.717, 1.165) is 39.5 Å². The monoisotopic (exact) mass is 435 g/mol. The molecule has 4 rings (SSSR count). The summed E-state index contributed by atoms with van der Waals surface area (Å²) in [6.07, 6.45) is 0. The van der Waals surface area contributed by atoms with E-state index in [9.17, 15) is 4.79 Å². The molecule has 0 saturated heterocycles. The highest BCUT2D eigenvalue weighted by Crippen LogP contribution is 2.28. The van der Waals surface area contributed by atoms with Gasteiger partial charge in [0.1, 0.15) is 0 Å². The number of amides is 1. The van der Waals surface area contributed by atoms with Crippen LogP contribution < -0.4 is 10.6 Å². The van der Waals surface area contributed by atoms with Gasteiger partial charge in [-0.2, -0.15) is 0 Å². The van der Waals surface area contributed by atoms with Gasteiger partial charge in [-0.25, -0.2) is 0 Å². The van der Waals surface area contributed by atoms with Crippen molar-refractivity contribution in [2.45, 2.75) is 18.6 Å². The largest absolute Gasteiger partial charge is 0.354 e. The Bertz CT molecular complexity index is 1110. The summed E-state index contributed by atoms with van der Waals surface area (Å²) in [6, 6.07) is 21.6. The lowest BCUT2D eigenvalue weighted by atomic mass is 10.2. The average molecular weight is 436 g/mol. The number of thiophene rings is 1. The van der Waals surface area contributed by atoms with Gasteiger partial charge in [0.2, 0.25) is 5.91 Å². The summed E-state index contributed by atoms with van der Waals surface area (Å²) >= 11 is 3.02. The molecule has 152 valence electrons. The molecule has 6 nitrogen and oxygen atoms in total. The molecule has 4 aromatic rings. The highest BCUT2D eigenvalue weighted by Gasteiger charge is 2.15. The van der Waals surface area contributed by atoms with Gasteiger partial charge in [-0.15, -0.1) is 21.5 Å². The van der Waals surface area contributed by atoms with Gasteiger partial charge >= 0.3 is 0 Å². The minimum Gasteiger partial charge on any atom is -0.354 e. The van der Waals surface area contributed by atoms with Crippen molar-refractivity contribution >= 4 is 46.1 Å². The zero-order valence-corrected chi connectivity index (χ0v) is 18.0. The molecule has 2 aromatic heterocycles. The second-order valence-electron chi connectivity index (χ2n) is 6.40. The number of nitrogens with zero attached hydrogens (tertiary/aromatic N) is 3. The molecule has 0 saturated carbocycles. The van der Waals surface area contributed by atoms with E-state index in [1.54, 1.807) is 11.3 Å². The smallest absolute Gasteiger partial charge is 0.234 e. The van der Waals surface area contributed by atoms with Crippen LogP contribution in [0.3, 0.4) is 0 Å². The van der Waals surface area contributed by atoms with Crippen LogP contribution in [-0.2, 0) is 11.3 Å². The van der Waals surface area contributed by atoms with Crippen LogP contribution >= 0.6 is 23.1 Å². The number of hydrogen-bond donors (Lipinski definition) is 2. The van der Waals surface area contributed by atoms with Crippen molar-refractivity contribution in [3.8, 4) is 10.7 Å². The van der Waals surface area contributed by atoms with Crippen molar-refractivity contribution in [2.75, 3.05) is 16.4 Å². The topological polar surface area (TPSA) is 71.8 Å². The maximum atomic E-state index is 12.6. The van der Waals surface area contributed by atoms with Crippen LogP contribution in [0.2, 0.25) is 0 Å². The zero-order chi connectivity index (χ0) is 20.8. The van der Waals surface area contributed by atoms with E-state index in [1.165, 1.54) is 11.8 Å². The highest BCUT2D eigenvalue weighted by molar-refractivity contribution is 7.99. The number of carbonyl (C=O) groups is 1. The lowest BCUT2D eigenvalue weighted by Crippen LogP contribution is -2.15. The molecule has 2 aromatic carbocycles. The van der Waals surface area contributed by atoms with E-state index in [-0.39, 0.29) is 11.7 Å². The first kappa shape index (κ1) is 20.2. The Hall–Kier alpha value is -3.10.